The number of aromatic nitrogens is 1. The molecule has 1 atom stereocenters. The number of carbonyl (C=O) groups is 1. The van der Waals surface area contributed by atoms with Crippen LogP contribution in [-0.2, 0) is 11.2 Å². The number of ether oxygens (including phenoxy) is 1. The molecule has 0 spiro atoms. The Bertz CT molecular complexity index is 1190. The topological polar surface area (TPSA) is 66.8 Å². The molecule has 1 saturated heterocycles. The van der Waals surface area contributed by atoms with Crippen molar-refractivity contribution in [2.45, 2.75) is 12.5 Å². The van der Waals surface area contributed by atoms with Crippen molar-refractivity contribution < 1.29 is 9.53 Å². The van der Waals surface area contributed by atoms with Crippen molar-refractivity contribution in [3.05, 3.63) is 95.6 Å². The largest absolute Gasteiger partial charge is 0.496 e. The zero-order chi connectivity index (χ0) is 21.2. The molecule has 1 aromatic heterocycles. The summed E-state index contributed by atoms with van der Waals surface area (Å²) in [6.45, 7) is 0.511. The molecule has 154 valence electrons. The van der Waals surface area contributed by atoms with Gasteiger partial charge in [0.25, 0.3) is 0 Å². The van der Waals surface area contributed by atoms with Gasteiger partial charge in [0.2, 0.25) is 0 Å². The van der Waals surface area contributed by atoms with Gasteiger partial charge in [-0.1, -0.05) is 36.4 Å². The lowest BCUT2D eigenvalue weighted by Crippen LogP contribution is -2.38. The van der Waals surface area contributed by atoms with E-state index in [4.69, 9.17) is 9.73 Å². The molecule has 1 unspecified atom stereocenters. The summed E-state index contributed by atoms with van der Waals surface area (Å²) < 4.78 is 5.59. The highest BCUT2D eigenvalue weighted by atomic mass is 16.5. The van der Waals surface area contributed by atoms with E-state index in [1.54, 1.807) is 19.5 Å². The third kappa shape index (κ3) is 3.46. The molecule has 5 rings (SSSR count). The van der Waals surface area contributed by atoms with Gasteiger partial charge in [0, 0.05) is 42.7 Å². The van der Waals surface area contributed by atoms with E-state index in [2.05, 4.69) is 15.2 Å². The number of carbonyl (C=O) groups excluding carboxylic acids is 1. The predicted molar refractivity (Wildman–Crippen MR) is 121 cm³/mol. The van der Waals surface area contributed by atoms with E-state index in [1.165, 1.54) is 0 Å². The summed E-state index contributed by atoms with van der Waals surface area (Å²) in [6, 6.07) is 19.3. The summed E-state index contributed by atoms with van der Waals surface area (Å²) in [5.74, 6) is 1.68. The van der Waals surface area contributed by atoms with Gasteiger partial charge in [0.05, 0.1) is 12.8 Å². The van der Waals surface area contributed by atoms with Crippen LogP contribution in [0, 0.1) is 0 Å². The lowest BCUT2D eigenvalue weighted by atomic mass is 10.0. The molecule has 2 aromatic carbocycles. The second-order valence-electron chi connectivity index (χ2n) is 7.49. The number of methoxy groups -OCH3 is 1. The molecule has 1 fully saturated rings. The molecule has 31 heavy (non-hydrogen) atoms. The van der Waals surface area contributed by atoms with Crippen molar-refractivity contribution in [1.82, 2.24) is 10.3 Å². The van der Waals surface area contributed by atoms with Crippen LogP contribution in [0.4, 0.5) is 5.69 Å². The molecular formula is C25H22N4O2. The quantitative estimate of drug-likeness (QED) is 0.698. The first-order chi connectivity index (χ1) is 15.3. The van der Waals surface area contributed by atoms with Gasteiger partial charge >= 0.3 is 0 Å². The highest BCUT2D eigenvalue weighted by Crippen LogP contribution is 2.38. The maximum Gasteiger partial charge on any atom is 0.161 e. The number of rotatable bonds is 5. The first kappa shape index (κ1) is 19.1. The first-order valence-corrected chi connectivity index (χ1v) is 10.2. The maximum absolute atomic E-state index is 13.4. The number of fused-ring (bicyclic) bond motifs is 3. The molecule has 0 radical (unpaired) electrons. The molecule has 1 N–H and O–H groups in total. The Morgan fingerprint density at radius 1 is 1.13 bits per heavy atom. The van der Waals surface area contributed by atoms with Crippen LogP contribution in [0.15, 0.2) is 83.9 Å². The van der Waals surface area contributed by atoms with Crippen molar-refractivity contribution in [2.75, 3.05) is 18.6 Å². The minimum absolute atomic E-state index is 0.131. The standard InChI is InChI=1S/C25H22N4O2/c1-31-23-11-5-3-9-19(23)24-25-28-16-21(22(30)13-17-7-6-12-26-14-17)29(25)20-10-4-2-8-18(20)15-27-24/h2-12,14-15,21,28H,13,16H2,1H3. The van der Waals surface area contributed by atoms with Crippen molar-refractivity contribution in [1.29, 1.82) is 0 Å². The molecule has 0 bridgehead atoms. The molecule has 2 aliphatic heterocycles. The summed E-state index contributed by atoms with van der Waals surface area (Å²) in [6.07, 6.45) is 5.65. The van der Waals surface area contributed by atoms with Crippen LogP contribution < -0.4 is 15.0 Å². The van der Waals surface area contributed by atoms with Gasteiger partial charge in [-0.3, -0.25) is 14.8 Å². The zero-order valence-electron chi connectivity index (χ0n) is 17.2. The van der Waals surface area contributed by atoms with Crippen LogP contribution in [0.3, 0.4) is 0 Å². The molecule has 0 amide bonds. The molecule has 2 aliphatic rings. The van der Waals surface area contributed by atoms with Crippen LogP contribution in [-0.4, -0.2) is 36.7 Å². The Balaban J connectivity index is 1.61. The van der Waals surface area contributed by atoms with Crippen molar-refractivity contribution in [3.8, 4) is 5.75 Å². The number of pyridine rings is 1. The number of anilines is 1. The molecule has 0 aliphatic carbocycles. The highest BCUT2D eigenvalue weighted by Gasteiger charge is 2.38. The number of ketones is 1. The minimum Gasteiger partial charge on any atom is -0.496 e. The van der Waals surface area contributed by atoms with E-state index < -0.39 is 0 Å². The van der Waals surface area contributed by atoms with Gasteiger partial charge in [-0.2, -0.15) is 0 Å². The Morgan fingerprint density at radius 3 is 2.81 bits per heavy atom. The Hall–Kier alpha value is -3.93. The molecular weight excluding hydrogens is 388 g/mol. The van der Waals surface area contributed by atoms with Crippen LogP contribution in [0.1, 0.15) is 16.7 Å². The average molecular weight is 410 g/mol. The van der Waals surface area contributed by atoms with E-state index in [-0.39, 0.29) is 11.8 Å². The van der Waals surface area contributed by atoms with E-state index >= 15 is 0 Å². The lowest BCUT2D eigenvalue weighted by Gasteiger charge is -2.27. The number of aliphatic imine (C=N–C) groups is 1. The summed E-state index contributed by atoms with van der Waals surface area (Å²) >= 11 is 0. The van der Waals surface area contributed by atoms with Gasteiger partial charge in [-0.05, 0) is 29.8 Å². The fourth-order valence-electron chi connectivity index (χ4n) is 4.14. The molecule has 0 saturated carbocycles. The smallest absolute Gasteiger partial charge is 0.161 e. The fraction of sp³-hybridized carbons (Fsp3) is 0.160. The number of hydrogen-bond donors (Lipinski definition) is 1. The number of hydrogen-bond acceptors (Lipinski definition) is 6. The van der Waals surface area contributed by atoms with Gasteiger partial charge in [0.1, 0.15) is 23.3 Å². The van der Waals surface area contributed by atoms with Crippen LogP contribution >= 0.6 is 0 Å². The van der Waals surface area contributed by atoms with Crippen LogP contribution in [0.2, 0.25) is 0 Å². The third-order valence-corrected chi connectivity index (χ3v) is 5.60. The van der Waals surface area contributed by atoms with E-state index in [0.717, 1.165) is 39.6 Å². The summed E-state index contributed by atoms with van der Waals surface area (Å²) in [5.41, 5.74) is 4.47. The summed E-state index contributed by atoms with van der Waals surface area (Å²) in [4.78, 5) is 24.4. The third-order valence-electron chi connectivity index (χ3n) is 5.60. The van der Waals surface area contributed by atoms with Gasteiger partial charge < -0.3 is 15.0 Å². The fourth-order valence-corrected chi connectivity index (χ4v) is 4.14. The normalized spacial score (nSPS) is 16.9. The second kappa shape index (κ2) is 8.07. The zero-order valence-corrected chi connectivity index (χ0v) is 17.2. The maximum atomic E-state index is 13.4. The number of Topliss-reactive ketones (excluding diaryl/α,β-unsaturated/α-hetero) is 1. The number of nitrogens with zero attached hydrogens (tertiary/aromatic N) is 3. The number of para-hydroxylation sites is 2. The van der Waals surface area contributed by atoms with Crippen molar-refractivity contribution in [3.63, 3.8) is 0 Å². The average Bonchev–Trinajstić information content (AvgIpc) is 3.18. The number of nitrogens with one attached hydrogen (secondary N) is 1. The second-order valence-corrected chi connectivity index (χ2v) is 7.49. The van der Waals surface area contributed by atoms with Crippen molar-refractivity contribution >= 4 is 23.4 Å². The summed E-state index contributed by atoms with van der Waals surface area (Å²) in [7, 11) is 1.65. The monoisotopic (exact) mass is 410 g/mol. The van der Waals surface area contributed by atoms with Crippen LogP contribution in [0.5, 0.6) is 5.75 Å². The predicted octanol–water partition coefficient (Wildman–Crippen LogP) is 3.44. The number of benzene rings is 2. The Labute approximate surface area is 180 Å². The molecule has 6 heteroatoms. The van der Waals surface area contributed by atoms with Gasteiger partial charge in [-0.25, -0.2) is 0 Å². The van der Waals surface area contributed by atoms with Crippen LogP contribution in [0.25, 0.3) is 5.70 Å². The van der Waals surface area contributed by atoms with E-state index in [1.807, 2.05) is 66.9 Å². The van der Waals surface area contributed by atoms with Gasteiger partial charge in [-0.15, -0.1) is 0 Å². The van der Waals surface area contributed by atoms with Crippen molar-refractivity contribution in [2.24, 2.45) is 4.99 Å². The van der Waals surface area contributed by atoms with Gasteiger partial charge in [0.15, 0.2) is 5.78 Å². The minimum atomic E-state index is -0.345. The summed E-state index contributed by atoms with van der Waals surface area (Å²) in [5, 5.41) is 3.46. The first-order valence-electron chi connectivity index (χ1n) is 10.2. The highest BCUT2D eigenvalue weighted by molar-refractivity contribution is 6.00. The van der Waals surface area contributed by atoms with E-state index in [0.29, 0.717) is 13.0 Å². The molecule has 3 heterocycles. The Kier molecular flexibility index (Phi) is 4.96. The molecule has 3 aromatic rings. The lowest BCUT2D eigenvalue weighted by molar-refractivity contribution is -0.119. The van der Waals surface area contributed by atoms with E-state index in [9.17, 15) is 4.79 Å². The molecule has 6 nitrogen and oxygen atoms in total. The Morgan fingerprint density at radius 2 is 1.97 bits per heavy atom. The SMILES string of the molecule is COc1ccccc1C1=C2NCC(C(=O)Cc3cccnc3)N2c2ccccc2C=N1.